The zero-order valence-corrected chi connectivity index (χ0v) is 46.6. The zero-order valence-electron chi connectivity index (χ0n) is 45.8. The van der Waals surface area contributed by atoms with Crippen molar-refractivity contribution in [3.05, 3.63) is 41.6 Å². The summed E-state index contributed by atoms with van der Waals surface area (Å²) < 4.78 is 0. The number of unbranched alkanes of at least 4 members (excludes halogenated alkanes) is 5. The minimum atomic E-state index is -1.94. The van der Waals surface area contributed by atoms with E-state index in [2.05, 4.69) is 52.7 Å². The number of hydrogen-bond acceptors (Lipinski definition) is 16. The molecule has 3 heterocycles. The number of fused-ring (bicyclic) bond motifs is 2. The summed E-state index contributed by atoms with van der Waals surface area (Å²) in [5.74, 6) is -5.67. The van der Waals surface area contributed by atoms with Crippen molar-refractivity contribution in [1.29, 1.82) is 0 Å². The number of nitrogens with two attached hydrogens (primary N) is 2. The van der Waals surface area contributed by atoms with E-state index >= 15 is 0 Å². The van der Waals surface area contributed by atoms with E-state index in [1.807, 2.05) is 0 Å². The molecule has 23 nitrogen and oxygen atoms in total. The van der Waals surface area contributed by atoms with Gasteiger partial charge in [-0.15, -0.1) is 11.8 Å². The number of amides is 8. The maximum absolute atomic E-state index is 14.6. The molecule has 0 aliphatic carbocycles. The first-order valence-corrected chi connectivity index (χ1v) is 28.9. The fraction of sp³-hybridized carbons (Fsp3) is 0.704. The predicted molar refractivity (Wildman–Crippen MR) is 293 cm³/mol. The van der Waals surface area contributed by atoms with Gasteiger partial charge in [0, 0.05) is 32.5 Å². The lowest BCUT2D eigenvalue weighted by Crippen LogP contribution is -2.62. The van der Waals surface area contributed by atoms with Gasteiger partial charge >= 0.3 is 0 Å². The molecule has 0 saturated carbocycles. The van der Waals surface area contributed by atoms with Gasteiger partial charge in [-0.05, 0) is 94.0 Å². The van der Waals surface area contributed by atoms with E-state index in [4.69, 9.17) is 11.5 Å². The van der Waals surface area contributed by atoms with Crippen LogP contribution in [0.3, 0.4) is 0 Å². The Bertz CT molecular complexity index is 2170. The molecule has 438 valence electrons. The second-order valence-corrected chi connectivity index (χ2v) is 22.4. The molecule has 1 aromatic carbocycles. The number of phenolic OH excluding ortho intramolecular Hbond substituents is 1. The monoisotopic (exact) mass is 1120 g/mol. The number of nitrogens with one attached hydrogen (secondary N) is 6. The zero-order chi connectivity index (χ0) is 57.5. The van der Waals surface area contributed by atoms with Crippen LogP contribution in [-0.4, -0.2) is 181 Å². The third-order valence-corrected chi connectivity index (χ3v) is 15.7. The van der Waals surface area contributed by atoms with Crippen molar-refractivity contribution in [3.63, 3.8) is 0 Å². The van der Waals surface area contributed by atoms with Gasteiger partial charge in [-0.1, -0.05) is 77.8 Å². The van der Waals surface area contributed by atoms with Gasteiger partial charge in [-0.3, -0.25) is 38.4 Å². The number of nitrogens with zero attached hydrogens (tertiary/aromatic N) is 2. The maximum Gasteiger partial charge on any atom is 0.268 e. The Labute approximate surface area is 462 Å². The molecule has 0 aromatic heterocycles. The minimum Gasteiger partial charge on any atom is -0.508 e. The molecule has 0 radical (unpaired) electrons. The van der Waals surface area contributed by atoms with Crippen molar-refractivity contribution in [2.75, 3.05) is 38.5 Å². The standard InChI is InChI=1S/C54H88N10O13S/c1-5-32(2)27-33(3)13-10-8-6-7-9-11-15-43(70)58-38-20-21-45(78-31-44(71)57-25-24-56)59-50(73)39-14-12-26-63(39)54(77)48(41(68)22-23-55)62-52(75)47(42(69)28-35-16-18-36(66)19-17-35)61-51(74)40-29-37(67)30-64(40)53(76)46(34(4)65)60-49(38)72/h16-19,29,32-34,37-39,41-42,45-48,65-69H,5-15,20-28,30-31,55-56H2,1-4H3,(H,57,71)(H,58,70)(H,59,73)(H,60,72)(H,61,74)(H,62,75)/t32?,33?,34-,37-,38?,39+,41-,42-,45?,46?,47+,48?/m1/s1. The molecule has 3 aliphatic heterocycles. The Hall–Kier alpha value is -5.37. The highest BCUT2D eigenvalue weighted by atomic mass is 32.2. The van der Waals surface area contributed by atoms with Crippen LogP contribution in [0.25, 0.3) is 0 Å². The van der Waals surface area contributed by atoms with Crippen LogP contribution in [0.4, 0.5) is 0 Å². The lowest BCUT2D eigenvalue weighted by Gasteiger charge is -2.33. The molecule has 4 rings (SSSR count). The SMILES string of the molecule is CCC(C)CC(C)CCCCCCCCC(=O)NC1CCC(SCC(=O)NCCN)NC(=O)[C@@H]2CCCN2C(=O)C([C@H](O)CCN)NC(=O)[C@H]([C@H](O)Cc2ccc(O)cc2)NC(=O)C2=C[C@@H](O)CN2C(=O)C([C@@H](C)O)NC1=O. The van der Waals surface area contributed by atoms with E-state index < -0.39 is 119 Å². The van der Waals surface area contributed by atoms with Crippen LogP contribution >= 0.6 is 11.8 Å². The summed E-state index contributed by atoms with van der Waals surface area (Å²) in [5, 5.41) is 69.8. The normalized spacial score (nSPS) is 24.9. The number of benzene rings is 1. The van der Waals surface area contributed by atoms with E-state index in [1.54, 1.807) is 0 Å². The summed E-state index contributed by atoms with van der Waals surface area (Å²) in [6, 6.07) is -2.47. The van der Waals surface area contributed by atoms with E-state index in [-0.39, 0.29) is 76.2 Å². The van der Waals surface area contributed by atoms with Crippen molar-refractivity contribution in [3.8, 4) is 5.75 Å². The average molecular weight is 1120 g/mol. The van der Waals surface area contributed by atoms with Crippen molar-refractivity contribution >= 4 is 59.0 Å². The van der Waals surface area contributed by atoms with Crippen LogP contribution < -0.4 is 43.4 Å². The van der Waals surface area contributed by atoms with Gasteiger partial charge < -0.3 is 78.7 Å². The molecular formula is C54H88N10O13S. The van der Waals surface area contributed by atoms with Gasteiger partial charge in [-0.2, -0.15) is 0 Å². The van der Waals surface area contributed by atoms with E-state index in [1.165, 1.54) is 55.4 Å². The molecular weight excluding hydrogens is 1030 g/mol. The predicted octanol–water partition coefficient (Wildman–Crippen LogP) is -0.359. The fourth-order valence-corrected chi connectivity index (χ4v) is 10.9. The van der Waals surface area contributed by atoms with Crippen molar-refractivity contribution in [1.82, 2.24) is 41.7 Å². The van der Waals surface area contributed by atoms with Gasteiger partial charge in [0.2, 0.25) is 35.4 Å². The van der Waals surface area contributed by atoms with E-state index in [9.17, 15) is 63.9 Å². The summed E-state index contributed by atoms with van der Waals surface area (Å²) in [5.41, 5.74) is 11.3. The lowest BCUT2D eigenvalue weighted by molar-refractivity contribution is -0.145. The molecule has 8 amide bonds. The summed E-state index contributed by atoms with van der Waals surface area (Å²) in [6.45, 7) is 7.66. The second-order valence-electron chi connectivity index (χ2n) is 21.2. The molecule has 2 saturated heterocycles. The maximum atomic E-state index is 14.6. The number of aliphatic hydroxyl groups is 4. The molecule has 78 heavy (non-hydrogen) atoms. The third-order valence-electron chi connectivity index (χ3n) is 14.5. The smallest absolute Gasteiger partial charge is 0.268 e. The Kier molecular flexibility index (Phi) is 27.8. The van der Waals surface area contributed by atoms with Gasteiger partial charge in [0.05, 0.1) is 42.1 Å². The molecule has 2 fully saturated rings. The first kappa shape index (κ1) is 65.2. The minimum absolute atomic E-state index is 0.0123. The van der Waals surface area contributed by atoms with Crippen molar-refractivity contribution < 1.29 is 63.9 Å². The Balaban J connectivity index is 1.71. The summed E-state index contributed by atoms with van der Waals surface area (Å²) in [4.78, 5) is 115. The number of thioether (sulfide) groups is 1. The molecule has 1 aromatic rings. The Morgan fingerprint density at radius 1 is 0.756 bits per heavy atom. The Morgan fingerprint density at radius 2 is 1.44 bits per heavy atom. The van der Waals surface area contributed by atoms with Crippen LogP contribution in [0.2, 0.25) is 0 Å². The molecule has 0 bridgehead atoms. The van der Waals surface area contributed by atoms with Crippen LogP contribution in [-0.2, 0) is 44.8 Å². The average Bonchev–Trinajstić information content (AvgIpc) is 4.07. The molecule has 15 N–H and O–H groups in total. The molecule has 0 spiro atoms. The largest absolute Gasteiger partial charge is 0.508 e. The summed E-state index contributed by atoms with van der Waals surface area (Å²) in [6.07, 6.45) is 3.26. The van der Waals surface area contributed by atoms with Crippen molar-refractivity contribution in [2.24, 2.45) is 23.3 Å². The number of phenols is 1. The number of carbonyl (C=O) groups is 8. The number of carbonyl (C=O) groups excluding carboxylic acids is 8. The van der Waals surface area contributed by atoms with Crippen LogP contribution in [0.5, 0.6) is 5.75 Å². The first-order chi connectivity index (χ1) is 37.2. The number of rotatable bonds is 25. The van der Waals surface area contributed by atoms with Gasteiger partial charge in [-0.25, -0.2) is 0 Å². The van der Waals surface area contributed by atoms with Crippen molar-refractivity contribution in [2.45, 2.75) is 190 Å². The van der Waals surface area contributed by atoms with E-state index in [0.29, 0.717) is 30.2 Å². The van der Waals surface area contributed by atoms with Gasteiger partial charge in [0.15, 0.2) is 0 Å². The van der Waals surface area contributed by atoms with Crippen LogP contribution in [0.15, 0.2) is 36.0 Å². The lowest BCUT2D eigenvalue weighted by atomic mass is 9.91. The van der Waals surface area contributed by atoms with Crippen LogP contribution in [0.1, 0.15) is 130 Å². The molecule has 24 heteroatoms. The second kappa shape index (κ2) is 33.3. The molecule has 6 unspecified atom stereocenters. The third kappa shape index (κ3) is 20.7. The summed E-state index contributed by atoms with van der Waals surface area (Å²) in [7, 11) is 0. The first-order valence-electron chi connectivity index (χ1n) is 27.8. The van der Waals surface area contributed by atoms with Crippen LogP contribution in [0, 0.1) is 11.8 Å². The Morgan fingerprint density at radius 3 is 2.10 bits per heavy atom. The number of aromatic hydroxyl groups is 1. The van der Waals surface area contributed by atoms with Gasteiger partial charge in [0.1, 0.15) is 41.7 Å². The highest BCUT2D eigenvalue weighted by Gasteiger charge is 2.44. The number of aliphatic hydroxyl groups excluding tert-OH is 4. The topological polar surface area (TPSA) is 368 Å². The summed E-state index contributed by atoms with van der Waals surface area (Å²) >= 11 is 1.01. The molecule has 12 atom stereocenters. The fourth-order valence-electron chi connectivity index (χ4n) is 9.96. The molecule has 3 aliphatic rings. The quantitative estimate of drug-likeness (QED) is 0.0556. The van der Waals surface area contributed by atoms with E-state index in [0.717, 1.165) is 54.8 Å². The number of hydrogen-bond donors (Lipinski definition) is 13. The highest BCUT2D eigenvalue weighted by molar-refractivity contribution is 8.00. The highest BCUT2D eigenvalue weighted by Crippen LogP contribution is 2.25. The van der Waals surface area contributed by atoms with Gasteiger partial charge in [0.25, 0.3) is 11.8 Å².